The third-order valence-electron chi connectivity index (χ3n) is 6.35. The number of hydrogen-bond donors (Lipinski definition) is 4. The van der Waals surface area contributed by atoms with Crippen molar-refractivity contribution in [3.8, 4) is 5.75 Å². The fraction of sp³-hybridized carbons (Fsp3) is 0.345. The maximum Gasteiger partial charge on any atom is 0.221 e. The van der Waals surface area contributed by atoms with E-state index in [2.05, 4.69) is 5.32 Å². The summed E-state index contributed by atoms with van der Waals surface area (Å²) < 4.78 is 12.7. The molecule has 4 atom stereocenters. The van der Waals surface area contributed by atoms with E-state index in [4.69, 9.17) is 9.47 Å². The molecule has 3 aromatic carbocycles. The number of carbonyl (C=O) groups excluding carboxylic acids is 1. The second-order valence-electron chi connectivity index (χ2n) is 9.49. The number of nitrogens with zero attached hydrogens (tertiary/aromatic N) is 1. The van der Waals surface area contributed by atoms with Crippen molar-refractivity contribution in [2.75, 3.05) is 25.5 Å². The highest BCUT2D eigenvalue weighted by Gasteiger charge is 2.33. The van der Waals surface area contributed by atoms with Gasteiger partial charge in [0.25, 0.3) is 0 Å². The van der Waals surface area contributed by atoms with Gasteiger partial charge in [0.05, 0.1) is 24.9 Å². The number of aliphatic hydroxyl groups excluding tert-OH is 2. The average molecular weight is 507 g/mol. The number of benzene rings is 3. The standard InChI is InChI=1S/C29H34N2O6/c1-19(33)30-24-7-3-6-23(13-24)29-36-26(15-28(37-29)21-11-9-20(18-32)10-12-21)16-31(2)17-27(35)22-5-4-8-25(34)14-22/h3-14,26-29,32,34-35H,15-18H2,1-2H3,(H,30,33)/t26-,27-,28+,29+/m1/s1. The van der Waals surface area contributed by atoms with E-state index in [1.54, 1.807) is 24.3 Å². The maximum atomic E-state index is 11.5. The van der Waals surface area contributed by atoms with Crippen LogP contribution in [-0.2, 0) is 20.9 Å². The average Bonchev–Trinajstić information content (AvgIpc) is 2.88. The first-order valence-corrected chi connectivity index (χ1v) is 12.3. The lowest BCUT2D eigenvalue weighted by atomic mass is 9.99. The number of ether oxygens (including phenoxy) is 2. The van der Waals surface area contributed by atoms with Gasteiger partial charge >= 0.3 is 0 Å². The first-order valence-electron chi connectivity index (χ1n) is 12.3. The van der Waals surface area contributed by atoms with Crippen molar-refractivity contribution in [3.63, 3.8) is 0 Å². The third-order valence-corrected chi connectivity index (χ3v) is 6.35. The van der Waals surface area contributed by atoms with Crippen molar-refractivity contribution < 1.29 is 29.6 Å². The number of phenolic OH excluding ortho intramolecular Hbond substituents is 1. The van der Waals surface area contributed by atoms with Crippen LogP contribution in [0.15, 0.2) is 72.8 Å². The van der Waals surface area contributed by atoms with Crippen molar-refractivity contribution in [2.24, 2.45) is 0 Å². The van der Waals surface area contributed by atoms with E-state index >= 15 is 0 Å². The molecule has 196 valence electrons. The van der Waals surface area contributed by atoms with Crippen molar-refractivity contribution >= 4 is 11.6 Å². The van der Waals surface area contributed by atoms with Gasteiger partial charge in [-0.25, -0.2) is 0 Å². The fourth-order valence-corrected chi connectivity index (χ4v) is 4.55. The molecule has 0 bridgehead atoms. The van der Waals surface area contributed by atoms with Crippen molar-refractivity contribution in [1.29, 1.82) is 0 Å². The smallest absolute Gasteiger partial charge is 0.221 e. The van der Waals surface area contributed by atoms with Gasteiger partial charge in [-0.3, -0.25) is 4.79 Å². The van der Waals surface area contributed by atoms with Gasteiger partial charge in [0.2, 0.25) is 5.91 Å². The maximum absolute atomic E-state index is 11.5. The minimum atomic E-state index is -0.760. The Morgan fingerprint density at radius 1 is 1.05 bits per heavy atom. The highest BCUT2D eigenvalue weighted by molar-refractivity contribution is 5.88. The number of hydrogen-bond acceptors (Lipinski definition) is 7. The molecule has 0 spiro atoms. The van der Waals surface area contributed by atoms with Crippen LogP contribution < -0.4 is 5.32 Å². The first kappa shape index (κ1) is 26.8. The predicted octanol–water partition coefficient (Wildman–Crippen LogP) is 4.05. The molecule has 0 unspecified atom stereocenters. The molecule has 1 aliphatic heterocycles. The number of phenols is 1. The Morgan fingerprint density at radius 3 is 2.51 bits per heavy atom. The van der Waals surface area contributed by atoms with Gasteiger partial charge in [-0.05, 0) is 48.0 Å². The minimum Gasteiger partial charge on any atom is -0.508 e. The van der Waals surface area contributed by atoms with Crippen LogP contribution in [0.3, 0.4) is 0 Å². The number of amides is 1. The zero-order valence-electron chi connectivity index (χ0n) is 21.1. The van der Waals surface area contributed by atoms with Crippen LogP contribution in [0.25, 0.3) is 0 Å². The summed E-state index contributed by atoms with van der Waals surface area (Å²) in [5.41, 5.74) is 3.91. The number of anilines is 1. The van der Waals surface area contributed by atoms with Gasteiger partial charge < -0.3 is 35.0 Å². The van der Waals surface area contributed by atoms with Gasteiger partial charge in [0.15, 0.2) is 6.29 Å². The molecule has 1 amide bonds. The molecule has 37 heavy (non-hydrogen) atoms. The Kier molecular flexibility index (Phi) is 8.91. The van der Waals surface area contributed by atoms with Gasteiger partial charge in [-0.2, -0.15) is 0 Å². The highest BCUT2D eigenvalue weighted by Crippen LogP contribution is 2.38. The van der Waals surface area contributed by atoms with Gasteiger partial charge in [0, 0.05) is 37.7 Å². The summed E-state index contributed by atoms with van der Waals surface area (Å²) in [6, 6.07) is 21.7. The molecule has 4 rings (SSSR count). The molecular formula is C29H34N2O6. The van der Waals surface area contributed by atoms with Crippen molar-refractivity contribution in [3.05, 3.63) is 95.1 Å². The predicted molar refractivity (Wildman–Crippen MR) is 140 cm³/mol. The minimum absolute atomic E-state index is 0.0254. The lowest BCUT2D eigenvalue weighted by Crippen LogP contribution is -2.39. The number of rotatable bonds is 9. The van der Waals surface area contributed by atoms with Crippen LogP contribution in [-0.4, -0.2) is 52.4 Å². The van der Waals surface area contributed by atoms with Crippen LogP contribution in [0.2, 0.25) is 0 Å². The van der Waals surface area contributed by atoms with Gasteiger partial charge in [-0.1, -0.05) is 48.5 Å². The zero-order valence-corrected chi connectivity index (χ0v) is 21.1. The van der Waals surface area contributed by atoms with Crippen molar-refractivity contribution in [2.45, 2.75) is 44.6 Å². The molecule has 0 aromatic heterocycles. The van der Waals surface area contributed by atoms with E-state index in [-0.39, 0.29) is 30.5 Å². The Hall–Kier alpha value is -3.27. The van der Waals surface area contributed by atoms with Crippen LogP contribution in [0, 0.1) is 0 Å². The second kappa shape index (κ2) is 12.3. The number of carbonyl (C=O) groups is 1. The van der Waals surface area contributed by atoms with E-state index in [0.29, 0.717) is 30.8 Å². The molecule has 1 heterocycles. The largest absolute Gasteiger partial charge is 0.508 e. The third kappa shape index (κ3) is 7.38. The molecule has 8 heteroatoms. The van der Waals surface area contributed by atoms with Gasteiger partial charge in [0.1, 0.15) is 5.75 Å². The summed E-state index contributed by atoms with van der Waals surface area (Å²) in [5, 5.41) is 32.6. The fourth-order valence-electron chi connectivity index (χ4n) is 4.55. The Balaban J connectivity index is 1.51. The molecular weight excluding hydrogens is 472 g/mol. The second-order valence-corrected chi connectivity index (χ2v) is 9.49. The topological polar surface area (TPSA) is 111 Å². The van der Waals surface area contributed by atoms with Gasteiger partial charge in [-0.15, -0.1) is 0 Å². The zero-order chi connectivity index (χ0) is 26.4. The van der Waals surface area contributed by atoms with Crippen LogP contribution in [0.4, 0.5) is 5.69 Å². The number of aromatic hydroxyl groups is 1. The normalized spacial score (nSPS) is 20.5. The highest BCUT2D eigenvalue weighted by atomic mass is 16.7. The SMILES string of the molecule is CC(=O)Nc1cccc([C@H]2O[C@@H](CN(C)C[C@@H](O)c3cccc(O)c3)C[C@@H](c3ccc(CO)cc3)O2)c1. The lowest BCUT2D eigenvalue weighted by Gasteiger charge is -2.38. The lowest BCUT2D eigenvalue weighted by molar-refractivity contribution is -0.252. The van der Waals surface area contributed by atoms with E-state index in [1.807, 2.05) is 60.5 Å². The first-order chi connectivity index (χ1) is 17.8. The molecule has 0 aliphatic carbocycles. The molecule has 3 aromatic rings. The molecule has 8 nitrogen and oxygen atoms in total. The quantitative estimate of drug-likeness (QED) is 0.346. The number of nitrogens with one attached hydrogen (secondary N) is 1. The summed E-state index contributed by atoms with van der Waals surface area (Å²) in [7, 11) is 1.92. The monoisotopic (exact) mass is 506 g/mol. The van der Waals surface area contributed by atoms with Crippen molar-refractivity contribution in [1.82, 2.24) is 4.90 Å². The molecule has 4 N–H and O–H groups in total. The Labute approximate surface area is 217 Å². The van der Waals surface area contributed by atoms with E-state index in [1.165, 1.54) is 6.92 Å². The Morgan fingerprint density at radius 2 is 1.81 bits per heavy atom. The molecule has 1 fully saturated rings. The van der Waals surface area contributed by atoms with Crippen LogP contribution >= 0.6 is 0 Å². The van der Waals surface area contributed by atoms with Crippen LogP contribution in [0.5, 0.6) is 5.75 Å². The summed E-state index contributed by atoms with van der Waals surface area (Å²) in [4.78, 5) is 13.5. The molecule has 1 aliphatic rings. The summed E-state index contributed by atoms with van der Waals surface area (Å²) >= 11 is 0. The Bertz CT molecular complexity index is 1190. The summed E-state index contributed by atoms with van der Waals surface area (Å²) in [6.07, 6.45) is -1.26. The summed E-state index contributed by atoms with van der Waals surface area (Å²) in [6.45, 7) is 2.35. The number of likely N-dealkylation sites (N-methyl/N-ethyl adjacent to an activating group) is 1. The van der Waals surface area contributed by atoms with Crippen LogP contribution in [0.1, 0.15) is 54.1 Å². The molecule has 0 saturated carbocycles. The molecule has 1 saturated heterocycles. The number of aliphatic hydroxyl groups is 2. The van der Waals surface area contributed by atoms with E-state index in [9.17, 15) is 20.1 Å². The molecule has 0 radical (unpaired) electrons. The van der Waals surface area contributed by atoms with E-state index < -0.39 is 12.4 Å². The van der Waals surface area contributed by atoms with E-state index in [0.717, 1.165) is 16.7 Å². The summed E-state index contributed by atoms with van der Waals surface area (Å²) in [5.74, 6) is -0.0411.